The zero-order chi connectivity index (χ0) is 16.5. The summed E-state index contributed by atoms with van der Waals surface area (Å²) in [5.74, 6) is 1.10. The first-order valence-electron chi connectivity index (χ1n) is 7.40. The summed E-state index contributed by atoms with van der Waals surface area (Å²) in [5, 5.41) is 4.62. The minimum atomic E-state index is -0.441. The number of hydrogen-bond donors (Lipinski definition) is 1. The monoisotopic (exact) mass is 346 g/mol. The summed E-state index contributed by atoms with van der Waals surface area (Å²) < 4.78 is 15.9. The molecule has 2 amide bonds. The molecule has 2 aliphatic rings. The number of nitrogens with one attached hydrogen (secondary N) is 1. The minimum Gasteiger partial charge on any atom is -0.454 e. The molecule has 1 aromatic heterocycles. The van der Waals surface area contributed by atoms with Crippen LogP contribution in [0.2, 0.25) is 0 Å². The Morgan fingerprint density at radius 2 is 2.17 bits per heavy atom. The van der Waals surface area contributed by atoms with Crippen LogP contribution in [0.15, 0.2) is 35.7 Å². The molecule has 1 aromatic carbocycles. The zero-order valence-corrected chi connectivity index (χ0v) is 13.4. The third-order valence-electron chi connectivity index (χ3n) is 3.78. The molecule has 0 unspecified atom stereocenters. The van der Waals surface area contributed by atoms with Crippen LogP contribution in [0.5, 0.6) is 11.5 Å². The van der Waals surface area contributed by atoms with Crippen LogP contribution in [0.1, 0.15) is 9.67 Å². The molecule has 7 nitrogen and oxygen atoms in total. The number of rotatable bonds is 4. The molecule has 0 bridgehead atoms. The van der Waals surface area contributed by atoms with Crippen LogP contribution in [0.4, 0.5) is 10.5 Å². The molecule has 124 valence electrons. The van der Waals surface area contributed by atoms with Gasteiger partial charge in [0.1, 0.15) is 6.10 Å². The molecule has 3 heterocycles. The predicted octanol–water partition coefficient (Wildman–Crippen LogP) is 2.23. The summed E-state index contributed by atoms with van der Waals surface area (Å²) in [6, 6.07) is 8.85. The fourth-order valence-electron chi connectivity index (χ4n) is 2.59. The highest BCUT2D eigenvalue weighted by Gasteiger charge is 2.33. The number of hydrogen-bond acceptors (Lipinski definition) is 6. The molecular formula is C16H14N2O5S. The van der Waals surface area contributed by atoms with Gasteiger partial charge < -0.3 is 19.5 Å². The second-order valence-corrected chi connectivity index (χ2v) is 6.29. The molecular weight excluding hydrogens is 332 g/mol. The van der Waals surface area contributed by atoms with E-state index in [4.69, 9.17) is 14.2 Å². The van der Waals surface area contributed by atoms with Gasteiger partial charge in [-0.1, -0.05) is 6.07 Å². The van der Waals surface area contributed by atoms with E-state index in [-0.39, 0.29) is 19.2 Å². The van der Waals surface area contributed by atoms with Crippen LogP contribution in [-0.4, -0.2) is 38.0 Å². The molecule has 1 atom stereocenters. The quantitative estimate of drug-likeness (QED) is 0.919. The summed E-state index contributed by atoms with van der Waals surface area (Å²) in [5.41, 5.74) is 0.677. The third-order valence-corrected chi connectivity index (χ3v) is 4.65. The van der Waals surface area contributed by atoms with E-state index in [9.17, 15) is 9.59 Å². The van der Waals surface area contributed by atoms with Gasteiger partial charge in [-0.05, 0) is 23.6 Å². The van der Waals surface area contributed by atoms with Crippen LogP contribution in [0.3, 0.4) is 0 Å². The second-order valence-electron chi connectivity index (χ2n) is 5.34. The van der Waals surface area contributed by atoms with Crippen molar-refractivity contribution >= 4 is 29.0 Å². The third kappa shape index (κ3) is 2.76. The second kappa shape index (κ2) is 6.04. The van der Waals surface area contributed by atoms with Gasteiger partial charge >= 0.3 is 6.09 Å². The van der Waals surface area contributed by atoms with Gasteiger partial charge in [0.15, 0.2) is 11.5 Å². The van der Waals surface area contributed by atoms with Crippen LogP contribution in [0, 0.1) is 0 Å². The van der Waals surface area contributed by atoms with E-state index in [0.29, 0.717) is 28.6 Å². The van der Waals surface area contributed by atoms with Crippen molar-refractivity contribution in [3.05, 3.63) is 40.6 Å². The zero-order valence-electron chi connectivity index (χ0n) is 12.6. The molecule has 8 heteroatoms. The Balaban J connectivity index is 1.39. The number of nitrogens with zero attached hydrogens (tertiary/aromatic N) is 1. The normalized spacial score (nSPS) is 18.6. The summed E-state index contributed by atoms with van der Waals surface area (Å²) >= 11 is 1.37. The smallest absolute Gasteiger partial charge is 0.414 e. The number of thiophene rings is 1. The largest absolute Gasteiger partial charge is 0.454 e. The van der Waals surface area contributed by atoms with Crippen molar-refractivity contribution in [2.24, 2.45) is 0 Å². The van der Waals surface area contributed by atoms with Crippen LogP contribution in [-0.2, 0) is 4.74 Å². The molecule has 0 saturated carbocycles. The fraction of sp³-hybridized carbons (Fsp3) is 0.250. The Bertz CT molecular complexity index is 777. The first-order chi connectivity index (χ1) is 11.7. The Morgan fingerprint density at radius 1 is 1.29 bits per heavy atom. The van der Waals surface area contributed by atoms with E-state index < -0.39 is 12.2 Å². The van der Waals surface area contributed by atoms with E-state index in [1.165, 1.54) is 16.2 Å². The molecule has 4 rings (SSSR count). The Hall–Kier alpha value is -2.74. The molecule has 0 radical (unpaired) electrons. The van der Waals surface area contributed by atoms with E-state index >= 15 is 0 Å². The van der Waals surface area contributed by atoms with Gasteiger partial charge in [0.2, 0.25) is 6.79 Å². The van der Waals surface area contributed by atoms with Crippen molar-refractivity contribution in [3.8, 4) is 11.5 Å². The number of carbonyl (C=O) groups excluding carboxylic acids is 2. The SMILES string of the molecule is O=C(NC[C@H]1CN(c2ccc3c(c2)OCO3)C(=O)O1)c1cccs1. The van der Waals surface area contributed by atoms with Gasteiger partial charge in [-0.15, -0.1) is 11.3 Å². The van der Waals surface area contributed by atoms with Crippen LogP contribution < -0.4 is 19.7 Å². The lowest BCUT2D eigenvalue weighted by Crippen LogP contribution is -2.34. The first-order valence-corrected chi connectivity index (χ1v) is 8.28. The lowest BCUT2D eigenvalue weighted by atomic mass is 10.2. The van der Waals surface area contributed by atoms with Gasteiger partial charge in [0.05, 0.1) is 23.7 Å². The van der Waals surface area contributed by atoms with Gasteiger partial charge in [-0.2, -0.15) is 0 Å². The first kappa shape index (κ1) is 14.8. The summed E-state index contributed by atoms with van der Waals surface area (Å²) in [6.07, 6.45) is -0.837. The average molecular weight is 346 g/mol. The van der Waals surface area contributed by atoms with Gasteiger partial charge in [0, 0.05) is 6.07 Å². The van der Waals surface area contributed by atoms with Gasteiger partial charge in [-0.3, -0.25) is 9.69 Å². The maximum absolute atomic E-state index is 12.1. The summed E-state index contributed by atoms with van der Waals surface area (Å²) in [4.78, 5) is 26.2. The number of benzene rings is 1. The van der Waals surface area contributed by atoms with Crippen molar-refractivity contribution < 1.29 is 23.8 Å². The van der Waals surface area contributed by atoms with Crippen LogP contribution >= 0.6 is 11.3 Å². The molecule has 1 fully saturated rings. The van der Waals surface area contributed by atoms with E-state index in [1.54, 1.807) is 24.3 Å². The van der Waals surface area contributed by atoms with Crippen molar-refractivity contribution in [3.63, 3.8) is 0 Å². The Morgan fingerprint density at radius 3 is 3.00 bits per heavy atom. The summed E-state index contributed by atoms with van der Waals surface area (Å²) in [6.45, 7) is 0.813. The molecule has 2 aliphatic heterocycles. The topological polar surface area (TPSA) is 77.1 Å². The maximum atomic E-state index is 12.1. The molecule has 1 N–H and O–H groups in total. The maximum Gasteiger partial charge on any atom is 0.414 e. The minimum absolute atomic E-state index is 0.164. The van der Waals surface area contributed by atoms with Gasteiger partial charge in [0.25, 0.3) is 5.91 Å². The summed E-state index contributed by atoms with van der Waals surface area (Å²) in [7, 11) is 0. The number of ether oxygens (including phenoxy) is 3. The lowest BCUT2D eigenvalue weighted by Gasteiger charge is -2.13. The highest BCUT2D eigenvalue weighted by molar-refractivity contribution is 7.12. The van der Waals surface area contributed by atoms with Crippen molar-refractivity contribution in [1.29, 1.82) is 0 Å². The molecule has 2 aromatic rings. The van der Waals surface area contributed by atoms with E-state index in [1.807, 2.05) is 11.4 Å². The predicted molar refractivity (Wildman–Crippen MR) is 86.8 cm³/mol. The van der Waals surface area contributed by atoms with Crippen molar-refractivity contribution in [2.75, 3.05) is 24.8 Å². The number of anilines is 1. The highest BCUT2D eigenvalue weighted by atomic mass is 32.1. The van der Waals surface area contributed by atoms with Crippen LogP contribution in [0.25, 0.3) is 0 Å². The molecule has 1 saturated heterocycles. The molecule has 0 spiro atoms. The number of fused-ring (bicyclic) bond motifs is 1. The Kier molecular flexibility index (Phi) is 3.73. The van der Waals surface area contributed by atoms with Crippen molar-refractivity contribution in [2.45, 2.75) is 6.10 Å². The van der Waals surface area contributed by atoms with E-state index in [0.717, 1.165) is 0 Å². The van der Waals surface area contributed by atoms with Gasteiger partial charge in [-0.25, -0.2) is 4.79 Å². The number of amides is 2. The number of cyclic esters (lactones) is 1. The lowest BCUT2D eigenvalue weighted by molar-refractivity contribution is 0.0920. The molecule has 24 heavy (non-hydrogen) atoms. The highest BCUT2D eigenvalue weighted by Crippen LogP contribution is 2.36. The molecule has 0 aliphatic carbocycles. The number of carbonyl (C=O) groups is 2. The van der Waals surface area contributed by atoms with Crippen molar-refractivity contribution in [1.82, 2.24) is 5.32 Å². The standard InChI is InChI=1S/C16H14N2O5S/c19-15(14-2-1-5-24-14)17-7-11-8-18(16(20)23-11)10-3-4-12-13(6-10)22-9-21-12/h1-6,11H,7-9H2,(H,17,19)/t11-/m0/s1. The Labute approximate surface area is 141 Å². The van der Waals surface area contributed by atoms with E-state index in [2.05, 4.69) is 5.32 Å². The fourth-order valence-corrected chi connectivity index (χ4v) is 3.23. The average Bonchev–Trinajstić information content (AvgIpc) is 3.32.